The van der Waals surface area contributed by atoms with Gasteiger partial charge in [0.1, 0.15) is 0 Å². The van der Waals surface area contributed by atoms with E-state index in [1.165, 1.54) is 0 Å². The highest BCUT2D eigenvalue weighted by Gasteiger charge is 2.10. The third-order valence-corrected chi connectivity index (χ3v) is 3.64. The monoisotopic (exact) mass is 362 g/mol. The summed E-state index contributed by atoms with van der Waals surface area (Å²) in [7, 11) is 3.54. The number of benzene rings is 2. The first kappa shape index (κ1) is 16.4. The van der Waals surface area contributed by atoms with E-state index >= 15 is 0 Å². The van der Waals surface area contributed by atoms with E-state index in [1.807, 2.05) is 61.4 Å². The van der Waals surface area contributed by atoms with Crippen molar-refractivity contribution in [3.05, 3.63) is 52.5 Å². The number of ether oxygens (including phenoxy) is 2. The molecule has 5 heteroatoms. The summed E-state index contributed by atoms with van der Waals surface area (Å²) in [6.07, 6.45) is 1.79. The molecule has 0 saturated heterocycles. The van der Waals surface area contributed by atoms with E-state index < -0.39 is 0 Å². The Kier molecular flexibility index (Phi) is 5.83. The Morgan fingerprint density at radius 1 is 1.23 bits per heavy atom. The summed E-state index contributed by atoms with van der Waals surface area (Å²) >= 11 is 3.51. The van der Waals surface area contributed by atoms with Crippen molar-refractivity contribution in [1.82, 2.24) is 0 Å². The van der Waals surface area contributed by atoms with Crippen LogP contribution in [-0.2, 0) is 0 Å². The summed E-state index contributed by atoms with van der Waals surface area (Å²) in [4.78, 5) is 0. The van der Waals surface area contributed by atoms with Crippen molar-refractivity contribution < 1.29 is 9.47 Å². The van der Waals surface area contributed by atoms with Gasteiger partial charge in [0.25, 0.3) is 0 Å². The molecule has 116 valence electrons. The third kappa shape index (κ3) is 4.01. The first-order valence-electron chi connectivity index (χ1n) is 6.98. The molecule has 0 atom stereocenters. The molecule has 0 aromatic heterocycles. The van der Waals surface area contributed by atoms with Crippen molar-refractivity contribution in [2.45, 2.75) is 6.92 Å². The lowest BCUT2D eigenvalue weighted by molar-refractivity contribution is 0.309. The number of anilines is 1. The predicted molar refractivity (Wildman–Crippen MR) is 94.3 cm³/mol. The summed E-state index contributed by atoms with van der Waals surface area (Å²) in [6.45, 7) is 2.52. The standard InChI is InChI=1S/C17H19BrN2O2/c1-4-22-17-15(18)10-13(11-16(17)21-3)12-19-20(2)14-8-6-5-7-9-14/h5-12H,4H2,1-3H3/b19-12-. The van der Waals surface area contributed by atoms with Gasteiger partial charge in [0.2, 0.25) is 0 Å². The van der Waals surface area contributed by atoms with Crippen LogP contribution in [0.5, 0.6) is 11.5 Å². The van der Waals surface area contributed by atoms with E-state index in [4.69, 9.17) is 9.47 Å². The van der Waals surface area contributed by atoms with Crippen LogP contribution in [0.1, 0.15) is 12.5 Å². The average Bonchev–Trinajstić information content (AvgIpc) is 2.55. The van der Waals surface area contributed by atoms with Gasteiger partial charge in [-0.15, -0.1) is 0 Å². The van der Waals surface area contributed by atoms with Gasteiger partial charge in [-0.05, 0) is 52.7 Å². The average molecular weight is 363 g/mol. The summed E-state index contributed by atoms with van der Waals surface area (Å²) in [5.41, 5.74) is 1.95. The van der Waals surface area contributed by atoms with Crippen molar-refractivity contribution in [3.63, 3.8) is 0 Å². The van der Waals surface area contributed by atoms with Crippen LogP contribution in [0.4, 0.5) is 5.69 Å². The quantitative estimate of drug-likeness (QED) is 0.566. The SMILES string of the molecule is CCOc1c(Br)cc(/C=N\N(C)c2ccccc2)cc1OC. The molecule has 2 rings (SSSR count). The second-order valence-corrected chi connectivity index (χ2v) is 5.43. The zero-order valence-electron chi connectivity index (χ0n) is 12.9. The molecule has 0 spiro atoms. The molecule has 0 fully saturated rings. The van der Waals surface area contributed by atoms with Gasteiger partial charge in [-0.2, -0.15) is 5.10 Å². The second-order valence-electron chi connectivity index (χ2n) is 4.57. The van der Waals surface area contributed by atoms with Crippen LogP contribution in [0.25, 0.3) is 0 Å². The van der Waals surface area contributed by atoms with Crippen molar-refractivity contribution in [1.29, 1.82) is 0 Å². The molecule has 0 amide bonds. The van der Waals surface area contributed by atoms with Crippen LogP contribution in [-0.4, -0.2) is 27.0 Å². The lowest BCUT2D eigenvalue weighted by Crippen LogP contribution is -2.08. The fourth-order valence-electron chi connectivity index (χ4n) is 1.96. The van der Waals surface area contributed by atoms with E-state index in [0.29, 0.717) is 18.1 Å². The van der Waals surface area contributed by atoms with Crippen LogP contribution in [0.15, 0.2) is 52.0 Å². The first-order chi connectivity index (χ1) is 10.7. The van der Waals surface area contributed by atoms with E-state index in [9.17, 15) is 0 Å². The topological polar surface area (TPSA) is 34.1 Å². The van der Waals surface area contributed by atoms with Crippen LogP contribution in [0, 0.1) is 0 Å². The van der Waals surface area contributed by atoms with Crippen LogP contribution in [0.2, 0.25) is 0 Å². The molecule has 22 heavy (non-hydrogen) atoms. The Balaban J connectivity index is 2.22. The normalized spacial score (nSPS) is 10.7. The summed E-state index contributed by atoms with van der Waals surface area (Å²) in [5, 5.41) is 6.26. The fraction of sp³-hybridized carbons (Fsp3) is 0.235. The number of halogens is 1. The van der Waals surface area contributed by atoms with E-state index in [1.54, 1.807) is 13.3 Å². The predicted octanol–water partition coefficient (Wildman–Crippen LogP) is 4.33. The van der Waals surface area contributed by atoms with Crippen molar-refractivity contribution in [2.24, 2.45) is 5.10 Å². The lowest BCUT2D eigenvalue weighted by Gasteiger charge is -2.14. The van der Waals surface area contributed by atoms with Gasteiger partial charge in [-0.25, -0.2) is 0 Å². The Hall–Kier alpha value is -2.01. The Morgan fingerprint density at radius 2 is 1.95 bits per heavy atom. The molecule has 0 radical (unpaired) electrons. The number of hydrogen-bond acceptors (Lipinski definition) is 4. The summed E-state index contributed by atoms with van der Waals surface area (Å²) in [5.74, 6) is 1.39. The lowest BCUT2D eigenvalue weighted by atomic mass is 10.2. The van der Waals surface area contributed by atoms with Gasteiger partial charge in [0.15, 0.2) is 11.5 Å². The molecule has 0 N–H and O–H groups in total. The maximum atomic E-state index is 5.58. The molecule has 0 aliphatic carbocycles. The minimum atomic E-state index is 0.582. The highest BCUT2D eigenvalue weighted by molar-refractivity contribution is 9.10. The van der Waals surface area contributed by atoms with Crippen molar-refractivity contribution in [3.8, 4) is 11.5 Å². The molecule has 2 aromatic carbocycles. The number of rotatable bonds is 6. The highest BCUT2D eigenvalue weighted by atomic mass is 79.9. The van der Waals surface area contributed by atoms with Crippen LogP contribution < -0.4 is 14.5 Å². The maximum absolute atomic E-state index is 5.58. The van der Waals surface area contributed by atoms with Crippen LogP contribution in [0.3, 0.4) is 0 Å². The summed E-state index contributed by atoms with van der Waals surface area (Å²) in [6, 6.07) is 13.8. The van der Waals surface area contributed by atoms with E-state index in [2.05, 4.69) is 21.0 Å². The minimum absolute atomic E-state index is 0.582. The van der Waals surface area contributed by atoms with Crippen molar-refractivity contribution >= 4 is 27.8 Å². The Labute approximate surface area is 139 Å². The molecular weight excluding hydrogens is 344 g/mol. The van der Waals surface area contributed by atoms with Gasteiger partial charge < -0.3 is 9.47 Å². The van der Waals surface area contributed by atoms with Crippen LogP contribution >= 0.6 is 15.9 Å². The number of hydrazone groups is 1. The number of para-hydroxylation sites is 1. The van der Waals surface area contributed by atoms with Crippen molar-refractivity contribution in [2.75, 3.05) is 25.8 Å². The zero-order valence-corrected chi connectivity index (χ0v) is 14.5. The maximum Gasteiger partial charge on any atom is 0.175 e. The molecule has 0 heterocycles. The highest BCUT2D eigenvalue weighted by Crippen LogP contribution is 2.36. The van der Waals surface area contributed by atoms with Gasteiger partial charge in [0, 0.05) is 7.05 Å². The van der Waals surface area contributed by atoms with Gasteiger partial charge >= 0.3 is 0 Å². The van der Waals surface area contributed by atoms with Gasteiger partial charge in [-0.3, -0.25) is 5.01 Å². The minimum Gasteiger partial charge on any atom is -0.493 e. The molecule has 4 nitrogen and oxygen atoms in total. The second kappa shape index (κ2) is 7.84. The third-order valence-electron chi connectivity index (χ3n) is 3.05. The Bertz CT molecular complexity index is 645. The molecule has 0 aliphatic heterocycles. The van der Waals surface area contributed by atoms with Gasteiger partial charge in [0.05, 0.1) is 30.1 Å². The molecule has 0 saturated carbocycles. The molecule has 0 aliphatic rings. The zero-order chi connectivity index (χ0) is 15.9. The number of nitrogens with zero attached hydrogens (tertiary/aromatic N) is 2. The number of hydrogen-bond donors (Lipinski definition) is 0. The smallest absolute Gasteiger partial charge is 0.175 e. The Morgan fingerprint density at radius 3 is 2.59 bits per heavy atom. The fourth-order valence-corrected chi connectivity index (χ4v) is 2.54. The first-order valence-corrected chi connectivity index (χ1v) is 7.78. The summed E-state index contributed by atoms with van der Waals surface area (Å²) < 4.78 is 11.8. The largest absolute Gasteiger partial charge is 0.493 e. The molecular formula is C17H19BrN2O2. The number of methoxy groups -OCH3 is 1. The van der Waals surface area contributed by atoms with E-state index in [-0.39, 0.29) is 0 Å². The molecule has 0 bridgehead atoms. The van der Waals surface area contributed by atoms with E-state index in [0.717, 1.165) is 15.7 Å². The molecule has 2 aromatic rings. The molecule has 0 unspecified atom stereocenters. The van der Waals surface area contributed by atoms with Gasteiger partial charge in [-0.1, -0.05) is 18.2 Å².